The Labute approximate surface area is 213 Å². The van der Waals surface area contributed by atoms with Gasteiger partial charge < -0.3 is 21.4 Å². The highest BCUT2D eigenvalue weighted by Gasteiger charge is 2.20. The molecule has 0 bridgehead atoms. The molecule has 11 heteroatoms. The molecule has 0 aliphatic carbocycles. The summed E-state index contributed by atoms with van der Waals surface area (Å²) >= 11 is 3.45. The molecule has 4 heterocycles. The molecule has 4 aromatic heterocycles. The van der Waals surface area contributed by atoms with E-state index in [4.69, 9.17) is 11.5 Å². The average molecular weight is 545 g/mol. The van der Waals surface area contributed by atoms with Gasteiger partial charge in [-0.3, -0.25) is 14.2 Å². The van der Waals surface area contributed by atoms with Gasteiger partial charge in [0, 0.05) is 47.3 Å². The molecule has 1 aromatic carbocycles. The van der Waals surface area contributed by atoms with Crippen molar-refractivity contribution in [3.63, 3.8) is 0 Å². The number of nitrogens with zero attached hydrogens (tertiary/aromatic N) is 5. The number of nitrogens with one attached hydrogen (secondary N) is 1. The first-order valence-corrected chi connectivity index (χ1v) is 11.7. The van der Waals surface area contributed by atoms with Crippen LogP contribution >= 0.6 is 15.9 Å². The van der Waals surface area contributed by atoms with Crippen molar-refractivity contribution in [2.24, 2.45) is 12.8 Å². The molecule has 0 aliphatic rings. The summed E-state index contributed by atoms with van der Waals surface area (Å²) < 4.78 is 3.85. The number of para-hydroxylation sites is 1. The van der Waals surface area contributed by atoms with Gasteiger partial charge in [-0.05, 0) is 46.3 Å². The van der Waals surface area contributed by atoms with Crippen LogP contribution < -0.4 is 22.3 Å². The maximum absolute atomic E-state index is 13.3. The van der Waals surface area contributed by atoms with E-state index in [9.17, 15) is 9.59 Å². The number of nitrogens with two attached hydrogens (primary N) is 2. The number of aryl methyl sites for hydroxylation is 1. The third-order valence-electron chi connectivity index (χ3n) is 5.80. The summed E-state index contributed by atoms with van der Waals surface area (Å²) in [5, 5.41) is 3.43. The molecule has 36 heavy (non-hydrogen) atoms. The number of hydrogen-bond acceptors (Lipinski definition) is 7. The van der Waals surface area contributed by atoms with Gasteiger partial charge in [-0.2, -0.15) is 0 Å². The number of anilines is 2. The Kier molecular flexibility index (Phi) is 6.08. The summed E-state index contributed by atoms with van der Waals surface area (Å²) in [6.45, 7) is 0.110. The van der Waals surface area contributed by atoms with Crippen molar-refractivity contribution < 1.29 is 4.79 Å². The topological polar surface area (TPSA) is 147 Å². The highest BCUT2D eigenvalue weighted by molar-refractivity contribution is 9.10. The number of carbonyl (C=O) groups excluding carboxylic acids is 1. The van der Waals surface area contributed by atoms with Gasteiger partial charge >= 0.3 is 0 Å². The van der Waals surface area contributed by atoms with Crippen LogP contribution in [-0.2, 0) is 13.6 Å². The van der Waals surface area contributed by atoms with Crippen molar-refractivity contribution in [3.8, 4) is 16.8 Å². The Hall–Kier alpha value is -4.35. The molecule has 5 rings (SSSR count). The fraction of sp³-hybridized carbons (Fsp3) is 0.0800. The second-order valence-electron chi connectivity index (χ2n) is 8.03. The van der Waals surface area contributed by atoms with Gasteiger partial charge in [0.15, 0.2) is 0 Å². The number of aromatic nitrogens is 5. The van der Waals surface area contributed by atoms with E-state index in [1.54, 1.807) is 30.5 Å². The quantitative estimate of drug-likeness (QED) is 0.307. The first kappa shape index (κ1) is 23.4. The lowest BCUT2D eigenvalue weighted by Gasteiger charge is -2.15. The Morgan fingerprint density at radius 2 is 1.89 bits per heavy atom. The number of hydrogen-bond donors (Lipinski definition) is 3. The maximum atomic E-state index is 13.3. The Morgan fingerprint density at radius 1 is 1.11 bits per heavy atom. The van der Waals surface area contributed by atoms with Crippen LogP contribution in [0, 0.1) is 0 Å². The minimum Gasteiger partial charge on any atom is -0.383 e. The van der Waals surface area contributed by atoms with Crippen molar-refractivity contribution in [1.29, 1.82) is 0 Å². The van der Waals surface area contributed by atoms with Gasteiger partial charge in [0.1, 0.15) is 29.2 Å². The number of nitrogen functional groups attached to an aromatic ring is 1. The van der Waals surface area contributed by atoms with Crippen molar-refractivity contribution in [2.75, 3.05) is 11.1 Å². The van der Waals surface area contributed by atoms with Gasteiger partial charge in [-0.15, -0.1) is 0 Å². The van der Waals surface area contributed by atoms with Crippen molar-refractivity contribution in [2.45, 2.75) is 6.54 Å². The van der Waals surface area contributed by atoms with Gasteiger partial charge in [-0.25, -0.2) is 15.0 Å². The zero-order valence-corrected chi connectivity index (χ0v) is 20.7. The number of benzene rings is 1. The third-order valence-corrected chi connectivity index (χ3v) is 6.49. The standard InChI is InChI=1S/C25H21BrN8O2/c1-33-12-17(21-22(28)30-13-31-23(21)33)14-7-8-20(29-11-14)32-24(35)16-9-18(26)19(10-27)34(25(16)36)15-5-3-2-4-6-15/h2-9,11-13H,10,27H2,1H3,(H2,28,30,31)(H,29,32,35). The molecule has 0 aliphatic heterocycles. The van der Waals surface area contributed by atoms with Gasteiger partial charge in [0.05, 0.1) is 11.1 Å². The third kappa shape index (κ3) is 4.04. The fourth-order valence-corrected chi connectivity index (χ4v) is 4.66. The highest BCUT2D eigenvalue weighted by atomic mass is 79.9. The lowest BCUT2D eigenvalue weighted by molar-refractivity contribution is 0.102. The number of carbonyl (C=O) groups is 1. The molecule has 0 radical (unpaired) electrons. The summed E-state index contributed by atoms with van der Waals surface area (Å²) in [6, 6.07) is 14.0. The van der Waals surface area contributed by atoms with Crippen LogP contribution in [0.15, 0.2) is 76.5 Å². The fourth-order valence-electron chi connectivity index (χ4n) is 4.09. The number of pyridine rings is 2. The Balaban J connectivity index is 1.47. The molecular formula is C25H21BrN8O2. The predicted octanol–water partition coefficient (Wildman–Crippen LogP) is 3.24. The molecule has 0 saturated heterocycles. The molecule has 0 unspecified atom stereocenters. The van der Waals surface area contributed by atoms with Crippen LogP contribution in [0.5, 0.6) is 0 Å². The number of fused-ring (bicyclic) bond motifs is 1. The van der Waals surface area contributed by atoms with E-state index < -0.39 is 11.5 Å². The smallest absolute Gasteiger partial charge is 0.268 e. The zero-order valence-electron chi connectivity index (χ0n) is 19.1. The highest BCUT2D eigenvalue weighted by Crippen LogP contribution is 2.32. The van der Waals surface area contributed by atoms with E-state index in [2.05, 4.69) is 36.2 Å². The van der Waals surface area contributed by atoms with E-state index in [0.29, 0.717) is 27.3 Å². The van der Waals surface area contributed by atoms with Crippen LogP contribution in [0.3, 0.4) is 0 Å². The van der Waals surface area contributed by atoms with E-state index in [1.165, 1.54) is 17.0 Å². The summed E-state index contributed by atoms with van der Waals surface area (Å²) in [7, 11) is 1.87. The van der Waals surface area contributed by atoms with Crippen molar-refractivity contribution in [3.05, 3.63) is 93.3 Å². The summed E-state index contributed by atoms with van der Waals surface area (Å²) in [5.41, 5.74) is 14.9. The van der Waals surface area contributed by atoms with E-state index in [1.807, 2.05) is 36.0 Å². The van der Waals surface area contributed by atoms with Gasteiger partial charge in [-0.1, -0.05) is 18.2 Å². The van der Waals surface area contributed by atoms with Crippen LogP contribution in [0.4, 0.5) is 11.6 Å². The van der Waals surface area contributed by atoms with Crippen molar-refractivity contribution >= 4 is 44.5 Å². The van der Waals surface area contributed by atoms with E-state index in [-0.39, 0.29) is 17.9 Å². The second kappa shape index (κ2) is 9.36. The molecule has 180 valence electrons. The lowest BCUT2D eigenvalue weighted by Crippen LogP contribution is -2.31. The molecule has 5 N–H and O–H groups in total. The van der Waals surface area contributed by atoms with Gasteiger partial charge in [0.25, 0.3) is 11.5 Å². The number of amides is 1. The molecular weight excluding hydrogens is 524 g/mol. The van der Waals surface area contributed by atoms with Crippen LogP contribution in [0.1, 0.15) is 16.1 Å². The number of rotatable bonds is 5. The molecule has 0 spiro atoms. The molecule has 0 saturated carbocycles. The molecule has 1 amide bonds. The van der Waals surface area contributed by atoms with Gasteiger partial charge in [0.2, 0.25) is 0 Å². The monoisotopic (exact) mass is 544 g/mol. The van der Waals surface area contributed by atoms with Crippen LogP contribution in [0.25, 0.3) is 27.8 Å². The number of halogens is 1. The Bertz CT molecular complexity index is 1660. The molecule has 0 fully saturated rings. The van der Waals surface area contributed by atoms with E-state index in [0.717, 1.165) is 16.5 Å². The average Bonchev–Trinajstić information content (AvgIpc) is 3.23. The maximum Gasteiger partial charge on any atom is 0.268 e. The molecule has 10 nitrogen and oxygen atoms in total. The minimum absolute atomic E-state index is 0.0484. The van der Waals surface area contributed by atoms with Crippen LogP contribution in [0.2, 0.25) is 0 Å². The lowest BCUT2D eigenvalue weighted by atomic mass is 10.1. The zero-order chi connectivity index (χ0) is 25.4. The predicted molar refractivity (Wildman–Crippen MR) is 142 cm³/mol. The molecule has 0 atom stereocenters. The van der Waals surface area contributed by atoms with Crippen LogP contribution in [-0.4, -0.2) is 30.0 Å². The SMILES string of the molecule is Cn1cc(-c2ccc(NC(=O)c3cc(Br)c(CN)n(-c4ccccc4)c3=O)nc2)c2c(N)ncnc21. The minimum atomic E-state index is -0.586. The summed E-state index contributed by atoms with van der Waals surface area (Å²) in [6.07, 6.45) is 4.93. The Morgan fingerprint density at radius 3 is 2.58 bits per heavy atom. The van der Waals surface area contributed by atoms with E-state index >= 15 is 0 Å². The first-order valence-electron chi connectivity index (χ1n) is 10.9. The van der Waals surface area contributed by atoms with Crippen molar-refractivity contribution in [1.82, 2.24) is 24.1 Å². The molecule has 5 aromatic rings. The normalized spacial score (nSPS) is 11.1. The summed E-state index contributed by atoms with van der Waals surface area (Å²) in [4.78, 5) is 39.1. The summed E-state index contributed by atoms with van der Waals surface area (Å²) in [5.74, 6) is 0.0732. The second-order valence-corrected chi connectivity index (χ2v) is 8.88. The first-order chi connectivity index (χ1) is 17.4. The largest absolute Gasteiger partial charge is 0.383 e.